The number of carboxylic acid groups (broad SMARTS) is 1. The zero-order valence-electron chi connectivity index (χ0n) is 10.7. The number of hydrogen-bond donors (Lipinski definition) is 2. The van der Waals surface area contributed by atoms with Crippen molar-refractivity contribution in [1.29, 1.82) is 0 Å². The van der Waals surface area contributed by atoms with Gasteiger partial charge in [-0.15, -0.1) is 11.3 Å². The fraction of sp³-hybridized carbons (Fsp3) is 0.250. The first-order valence-corrected chi connectivity index (χ1v) is 6.34. The molecule has 0 atom stereocenters. The minimum atomic E-state index is -1.04. The zero-order valence-corrected chi connectivity index (χ0v) is 11.5. The number of aryl methyl sites for hydroxylation is 2. The molecule has 0 saturated carbocycles. The maximum atomic E-state index is 11.9. The lowest BCUT2D eigenvalue weighted by Crippen LogP contribution is -2.14. The molecular weight excluding hydrogens is 266 g/mol. The highest BCUT2D eigenvalue weighted by atomic mass is 32.1. The third-order valence-electron chi connectivity index (χ3n) is 2.76. The molecule has 100 valence electrons. The standard InChI is InChI=1S/C12H13N3O3S/c1-6-7(2)19-11(9(6)12(17)18)14-10(16)8-4-15(3)5-13-8/h4-5H,1-3H3,(H,14,16)(H,17,18). The first-order chi connectivity index (χ1) is 8.90. The summed E-state index contributed by atoms with van der Waals surface area (Å²) >= 11 is 1.25. The summed E-state index contributed by atoms with van der Waals surface area (Å²) in [5.74, 6) is -1.46. The first-order valence-electron chi connectivity index (χ1n) is 5.52. The summed E-state index contributed by atoms with van der Waals surface area (Å²) in [6, 6.07) is 0. The Morgan fingerprint density at radius 1 is 1.42 bits per heavy atom. The summed E-state index contributed by atoms with van der Waals surface area (Å²) < 4.78 is 1.65. The summed E-state index contributed by atoms with van der Waals surface area (Å²) in [6.45, 7) is 3.55. The second kappa shape index (κ2) is 4.85. The van der Waals surface area contributed by atoms with Crippen molar-refractivity contribution in [2.24, 2.45) is 7.05 Å². The number of nitrogens with zero attached hydrogens (tertiary/aromatic N) is 2. The second-order valence-electron chi connectivity index (χ2n) is 4.17. The third-order valence-corrected chi connectivity index (χ3v) is 3.89. The fourth-order valence-corrected chi connectivity index (χ4v) is 2.72. The van der Waals surface area contributed by atoms with Crippen LogP contribution in [0.25, 0.3) is 0 Å². The minimum Gasteiger partial charge on any atom is -0.478 e. The van der Waals surface area contributed by atoms with Crippen LogP contribution in [0.4, 0.5) is 5.00 Å². The van der Waals surface area contributed by atoms with Crippen molar-refractivity contribution in [1.82, 2.24) is 9.55 Å². The zero-order chi connectivity index (χ0) is 14.2. The van der Waals surface area contributed by atoms with Gasteiger partial charge in [0.1, 0.15) is 10.7 Å². The van der Waals surface area contributed by atoms with E-state index in [1.54, 1.807) is 24.7 Å². The molecular formula is C12H13N3O3S. The molecule has 0 aromatic carbocycles. The van der Waals surface area contributed by atoms with Crippen molar-refractivity contribution >= 4 is 28.2 Å². The van der Waals surface area contributed by atoms with Gasteiger partial charge in [-0.2, -0.15) is 0 Å². The predicted molar refractivity (Wildman–Crippen MR) is 71.9 cm³/mol. The van der Waals surface area contributed by atoms with E-state index >= 15 is 0 Å². The van der Waals surface area contributed by atoms with Gasteiger partial charge in [-0.25, -0.2) is 9.78 Å². The second-order valence-corrected chi connectivity index (χ2v) is 5.40. The van der Waals surface area contributed by atoms with Crippen LogP contribution in [0.3, 0.4) is 0 Å². The van der Waals surface area contributed by atoms with E-state index in [9.17, 15) is 14.7 Å². The van der Waals surface area contributed by atoms with Crippen LogP contribution in [0, 0.1) is 13.8 Å². The van der Waals surface area contributed by atoms with Gasteiger partial charge >= 0.3 is 5.97 Å². The molecule has 0 aliphatic heterocycles. The molecule has 0 radical (unpaired) electrons. The lowest BCUT2D eigenvalue weighted by Gasteiger charge is -2.02. The number of carbonyl (C=O) groups excluding carboxylic acids is 1. The third kappa shape index (κ3) is 2.50. The smallest absolute Gasteiger partial charge is 0.338 e. The number of rotatable bonds is 3. The summed E-state index contributed by atoms with van der Waals surface area (Å²) in [7, 11) is 1.76. The van der Waals surface area contributed by atoms with Gasteiger partial charge in [0.15, 0.2) is 0 Å². The number of hydrogen-bond acceptors (Lipinski definition) is 4. The van der Waals surface area contributed by atoms with Crippen molar-refractivity contribution in [3.05, 3.63) is 34.2 Å². The number of carbonyl (C=O) groups is 2. The van der Waals surface area contributed by atoms with Gasteiger partial charge in [-0.05, 0) is 19.4 Å². The van der Waals surface area contributed by atoms with Crippen LogP contribution < -0.4 is 5.32 Å². The summed E-state index contributed by atoms with van der Waals surface area (Å²) in [5, 5.41) is 12.1. The number of nitrogens with one attached hydrogen (secondary N) is 1. The van der Waals surface area contributed by atoms with Crippen LogP contribution in [0.1, 0.15) is 31.3 Å². The van der Waals surface area contributed by atoms with E-state index in [1.807, 2.05) is 6.92 Å². The van der Waals surface area contributed by atoms with Crippen LogP contribution in [0.15, 0.2) is 12.5 Å². The van der Waals surface area contributed by atoms with Gasteiger partial charge in [0.05, 0.1) is 11.9 Å². The molecule has 0 fully saturated rings. The normalized spacial score (nSPS) is 10.5. The topological polar surface area (TPSA) is 84.2 Å². The Hall–Kier alpha value is -2.15. The highest BCUT2D eigenvalue weighted by Crippen LogP contribution is 2.32. The van der Waals surface area contributed by atoms with E-state index < -0.39 is 11.9 Å². The summed E-state index contributed by atoms with van der Waals surface area (Å²) in [5.41, 5.74) is 1.07. The molecule has 6 nitrogen and oxygen atoms in total. The van der Waals surface area contributed by atoms with Crippen LogP contribution in [0.5, 0.6) is 0 Å². The highest BCUT2D eigenvalue weighted by molar-refractivity contribution is 7.16. The molecule has 0 unspecified atom stereocenters. The van der Waals surface area contributed by atoms with Gasteiger partial charge in [0.2, 0.25) is 0 Å². The molecule has 0 aliphatic rings. The quantitative estimate of drug-likeness (QED) is 0.900. The molecule has 1 amide bonds. The predicted octanol–water partition coefficient (Wildman–Crippen LogP) is 2.05. The molecule has 0 bridgehead atoms. The monoisotopic (exact) mass is 279 g/mol. The largest absolute Gasteiger partial charge is 0.478 e. The first kappa shape index (κ1) is 13.3. The molecule has 0 aliphatic carbocycles. The molecule has 7 heteroatoms. The Kier molecular flexibility index (Phi) is 3.39. The Morgan fingerprint density at radius 3 is 2.63 bits per heavy atom. The molecule has 0 saturated heterocycles. The van der Waals surface area contributed by atoms with E-state index in [-0.39, 0.29) is 11.3 Å². The van der Waals surface area contributed by atoms with E-state index in [1.165, 1.54) is 17.7 Å². The number of aromatic carboxylic acids is 1. The van der Waals surface area contributed by atoms with Crippen molar-refractivity contribution in [2.45, 2.75) is 13.8 Å². The van der Waals surface area contributed by atoms with Crippen LogP contribution in [-0.2, 0) is 7.05 Å². The molecule has 19 heavy (non-hydrogen) atoms. The summed E-state index contributed by atoms with van der Waals surface area (Å²) in [6.07, 6.45) is 3.08. The van der Waals surface area contributed by atoms with Crippen molar-refractivity contribution < 1.29 is 14.7 Å². The Balaban J connectivity index is 2.31. The fourth-order valence-electron chi connectivity index (χ4n) is 1.67. The number of anilines is 1. The number of thiophene rings is 1. The van der Waals surface area contributed by atoms with Crippen LogP contribution in [0.2, 0.25) is 0 Å². The van der Waals surface area contributed by atoms with Gasteiger partial charge in [0.25, 0.3) is 5.91 Å². The maximum absolute atomic E-state index is 11.9. The Bertz CT molecular complexity index is 657. The molecule has 2 rings (SSSR count). The number of aromatic nitrogens is 2. The molecule has 2 heterocycles. The van der Waals surface area contributed by atoms with Crippen LogP contribution >= 0.6 is 11.3 Å². The molecule has 2 aromatic heterocycles. The number of carboxylic acids is 1. The van der Waals surface area contributed by atoms with Crippen molar-refractivity contribution in [3.63, 3.8) is 0 Å². The van der Waals surface area contributed by atoms with Crippen molar-refractivity contribution in [2.75, 3.05) is 5.32 Å². The average molecular weight is 279 g/mol. The highest BCUT2D eigenvalue weighted by Gasteiger charge is 2.21. The number of imidazole rings is 1. The van der Waals surface area contributed by atoms with Crippen molar-refractivity contribution in [3.8, 4) is 0 Å². The maximum Gasteiger partial charge on any atom is 0.338 e. The lowest BCUT2D eigenvalue weighted by atomic mass is 10.1. The van der Waals surface area contributed by atoms with E-state index in [4.69, 9.17) is 0 Å². The Morgan fingerprint density at radius 2 is 2.11 bits per heavy atom. The Labute approximate surface area is 113 Å². The molecule has 2 N–H and O–H groups in total. The average Bonchev–Trinajstić information content (AvgIpc) is 2.85. The minimum absolute atomic E-state index is 0.145. The van der Waals surface area contributed by atoms with E-state index in [0.29, 0.717) is 10.6 Å². The van der Waals surface area contributed by atoms with Gasteiger partial charge in [-0.3, -0.25) is 4.79 Å². The SMILES string of the molecule is Cc1sc(NC(=O)c2cn(C)cn2)c(C(=O)O)c1C. The van der Waals surface area contributed by atoms with E-state index in [2.05, 4.69) is 10.3 Å². The van der Waals surface area contributed by atoms with Gasteiger partial charge < -0.3 is 15.0 Å². The summed E-state index contributed by atoms with van der Waals surface area (Å²) in [4.78, 5) is 28.0. The van der Waals surface area contributed by atoms with Gasteiger partial charge in [-0.1, -0.05) is 0 Å². The van der Waals surface area contributed by atoms with Gasteiger partial charge in [0, 0.05) is 18.1 Å². The lowest BCUT2D eigenvalue weighted by molar-refractivity contribution is 0.0697. The van der Waals surface area contributed by atoms with E-state index in [0.717, 1.165) is 4.88 Å². The molecule has 0 spiro atoms. The number of amides is 1. The molecule has 2 aromatic rings. The van der Waals surface area contributed by atoms with Crippen LogP contribution in [-0.4, -0.2) is 26.5 Å².